The van der Waals surface area contributed by atoms with Crippen LogP contribution in [0.25, 0.3) is 4.96 Å². The summed E-state index contributed by atoms with van der Waals surface area (Å²) in [5.41, 5.74) is 1.25. The van der Waals surface area contributed by atoms with Crippen molar-refractivity contribution in [1.82, 2.24) is 14.7 Å². The molecule has 0 amide bonds. The molecular formula is C14H22N4OS. The Morgan fingerprint density at radius 3 is 3.15 bits per heavy atom. The highest BCUT2D eigenvalue weighted by Crippen LogP contribution is 2.28. The average Bonchev–Trinajstić information content (AvgIpc) is 3.00. The first-order valence-corrected chi connectivity index (χ1v) is 8.12. The fourth-order valence-electron chi connectivity index (χ4n) is 2.66. The van der Waals surface area contributed by atoms with Crippen molar-refractivity contribution in [3.8, 4) is 0 Å². The van der Waals surface area contributed by atoms with Gasteiger partial charge in [-0.2, -0.15) is 0 Å². The fraction of sp³-hybridized carbons (Fsp3) is 0.643. The molecule has 5 nitrogen and oxygen atoms in total. The van der Waals surface area contributed by atoms with Gasteiger partial charge in [-0.15, -0.1) is 11.3 Å². The Labute approximate surface area is 123 Å². The van der Waals surface area contributed by atoms with Crippen LogP contribution in [0.1, 0.15) is 26.5 Å². The van der Waals surface area contributed by atoms with Crippen LogP contribution in [-0.4, -0.2) is 41.2 Å². The molecule has 1 N–H and O–H groups in total. The Balaban J connectivity index is 1.98. The van der Waals surface area contributed by atoms with Crippen LogP contribution in [0.4, 0.5) is 5.82 Å². The van der Waals surface area contributed by atoms with E-state index in [-0.39, 0.29) is 6.10 Å². The van der Waals surface area contributed by atoms with Crippen LogP contribution in [-0.2, 0) is 11.3 Å². The first-order chi connectivity index (χ1) is 9.70. The number of rotatable bonds is 4. The van der Waals surface area contributed by atoms with E-state index in [1.54, 1.807) is 11.3 Å². The molecule has 0 bridgehead atoms. The van der Waals surface area contributed by atoms with E-state index in [0.29, 0.717) is 6.04 Å². The smallest absolute Gasteiger partial charge is 0.195 e. The lowest BCUT2D eigenvalue weighted by molar-refractivity contribution is 0.0340. The predicted octanol–water partition coefficient (Wildman–Crippen LogP) is 2.12. The largest absolute Gasteiger partial charge is 0.375 e. The van der Waals surface area contributed by atoms with E-state index in [0.717, 1.165) is 37.0 Å². The van der Waals surface area contributed by atoms with Gasteiger partial charge in [-0.25, -0.2) is 4.98 Å². The second-order valence-electron chi connectivity index (χ2n) is 5.36. The van der Waals surface area contributed by atoms with Crippen molar-refractivity contribution < 1.29 is 4.74 Å². The Bertz CT molecular complexity index is 579. The molecule has 0 spiro atoms. The fourth-order valence-corrected chi connectivity index (χ4v) is 3.39. The van der Waals surface area contributed by atoms with Gasteiger partial charge in [-0.1, -0.05) is 6.92 Å². The molecule has 0 aliphatic carbocycles. The Hall–Kier alpha value is -1.11. The number of fused-ring (bicyclic) bond motifs is 1. The summed E-state index contributed by atoms with van der Waals surface area (Å²) in [4.78, 5) is 8.30. The van der Waals surface area contributed by atoms with E-state index in [2.05, 4.69) is 47.0 Å². The van der Waals surface area contributed by atoms with E-state index in [1.807, 2.05) is 0 Å². The Morgan fingerprint density at radius 2 is 2.35 bits per heavy atom. The maximum absolute atomic E-state index is 5.73. The summed E-state index contributed by atoms with van der Waals surface area (Å²) >= 11 is 1.69. The van der Waals surface area contributed by atoms with Crippen molar-refractivity contribution >= 4 is 22.1 Å². The quantitative estimate of drug-likeness (QED) is 0.938. The number of nitrogens with zero attached hydrogens (tertiary/aromatic N) is 3. The summed E-state index contributed by atoms with van der Waals surface area (Å²) in [6.45, 7) is 9.95. The second-order valence-corrected chi connectivity index (χ2v) is 6.24. The SMILES string of the molecule is CCNCc1c(N2CC(C)OCC2C)nc2sccn12. The molecule has 0 saturated carbocycles. The second kappa shape index (κ2) is 5.71. The summed E-state index contributed by atoms with van der Waals surface area (Å²) < 4.78 is 7.93. The minimum absolute atomic E-state index is 0.262. The molecule has 110 valence electrons. The number of thiazole rings is 1. The van der Waals surface area contributed by atoms with E-state index in [4.69, 9.17) is 9.72 Å². The van der Waals surface area contributed by atoms with Gasteiger partial charge in [0.05, 0.1) is 24.4 Å². The average molecular weight is 294 g/mol. The minimum Gasteiger partial charge on any atom is -0.375 e. The van der Waals surface area contributed by atoms with E-state index in [9.17, 15) is 0 Å². The zero-order valence-corrected chi connectivity index (χ0v) is 13.1. The van der Waals surface area contributed by atoms with Crippen molar-refractivity contribution in [3.05, 3.63) is 17.3 Å². The third-order valence-electron chi connectivity index (χ3n) is 3.76. The van der Waals surface area contributed by atoms with Gasteiger partial charge in [-0.3, -0.25) is 4.40 Å². The zero-order chi connectivity index (χ0) is 14.1. The zero-order valence-electron chi connectivity index (χ0n) is 12.3. The van der Waals surface area contributed by atoms with Gasteiger partial charge in [0.15, 0.2) is 10.8 Å². The lowest BCUT2D eigenvalue weighted by atomic mass is 10.2. The molecule has 1 aliphatic rings. The highest BCUT2D eigenvalue weighted by atomic mass is 32.1. The third-order valence-corrected chi connectivity index (χ3v) is 4.52. The van der Waals surface area contributed by atoms with Gasteiger partial charge >= 0.3 is 0 Å². The van der Waals surface area contributed by atoms with Gasteiger partial charge in [-0.05, 0) is 20.4 Å². The lowest BCUT2D eigenvalue weighted by Crippen LogP contribution is -2.48. The van der Waals surface area contributed by atoms with Crippen LogP contribution >= 0.6 is 11.3 Å². The molecule has 1 fully saturated rings. The Kier molecular flexibility index (Phi) is 3.96. The molecule has 2 unspecified atom stereocenters. The molecule has 3 heterocycles. The Morgan fingerprint density at radius 1 is 1.50 bits per heavy atom. The van der Waals surface area contributed by atoms with Crippen molar-refractivity contribution in [2.45, 2.75) is 39.5 Å². The number of aromatic nitrogens is 2. The number of nitrogens with one attached hydrogen (secondary N) is 1. The highest BCUT2D eigenvalue weighted by Gasteiger charge is 2.28. The molecule has 20 heavy (non-hydrogen) atoms. The number of ether oxygens (including phenoxy) is 1. The van der Waals surface area contributed by atoms with Crippen LogP contribution in [0.5, 0.6) is 0 Å². The molecule has 6 heteroatoms. The first-order valence-electron chi connectivity index (χ1n) is 7.24. The standard InChI is InChI=1S/C14H22N4OS/c1-4-15-7-12-13(16-14-17(12)5-6-20-14)18-8-11(3)19-9-10(18)2/h5-6,10-11,15H,4,7-9H2,1-3H3. The monoisotopic (exact) mass is 294 g/mol. The topological polar surface area (TPSA) is 41.8 Å². The van der Waals surface area contributed by atoms with Gasteiger partial charge in [0.25, 0.3) is 0 Å². The van der Waals surface area contributed by atoms with Gasteiger partial charge < -0.3 is 15.0 Å². The maximum atomic E-state index is 5.73. The third kappa shape index (κ3) is 2.43. The van der Waals surface area contributed by atoms with E-state index < -0.39 is 0 Å². The van der Waals surface area contributed by atoms with Gasteiger partial charge in [0.1, 0.15) is 0 Å². The van der Waals surface area contributed by atoms with Crippen molar-refractivity contribution in [3.63, 3.8) is 0 Å². The van der Waals surface area contributed by atoms with Crippen molar-refractivity contribution in [1.29, 1.82) is 0 Å². The molecule has 2 aromatic heterocycles. The minimum atomic E-state index is 0.262. The van der Waals surface area contributed by atoms with E-state index >= 15 is 0 Å². The molecule has 1 saturated heterocycles. The van der Waals surface area contributed by atoms with Crippen molar-refractivity contribution in [2.75, 3.05) is 24.6 Å². The molecule has 2 aromatic rings. The number of morpholine rings is 1. The van der Waals surface area contributed by atoms with Crippen LogP contribution in [0.2, 0.25) is 0 Å². The summed E-state index contributed by atoms with van der Waals surface area (Å²) in [7, 11) is 0. The number of hydrogen-bond acceptors (Lipinski definition) is 5. The summed E-state index contributed by atoms with van der Waals surface area (Å²) in [5, 5.41) is 5.51. The number of imidazole rings is 1. The lowest BCUT2D eigenvalue weighted by Gasteiger charge is -2.37. The van der Waals surface area contributed by atoms with E-state index in [1.165, 1.54) is 5.69 Å². The molecule has 2 atom stereocenters. The van der Waals surface area contributed by atoms with Crippen molar-refractivity contribution in [2.24, 2.45) is 0 Å². The predicted molar refractivity (Wildman–Crippen MR) is 82.7 cm³/mol. The molecule has 3 rings (SSSR count). The summed E-state index contributed by atoms with van der Waals surface area (Å²) in [5.74, 6) is 1.11. The first kappa shape index (κ1) is 13.9. The number of anilines is 1. The highest BCUT2D eigenvalue weighted by molar-refractivity contribution is 7.15. The maximum Gasteiger partial charge on any atom is 0.195 e. The van der Waals surface area contributed by atoms with Crippen LogP contribution in [0.15, 0.2) is 11.6 Å². The van der Waals surface area contributed by atoms with Crippen LogP contribution < -0.4 is 10.2 Å². The van der Waals surface area contributed by atoms with Gasteiger partial charge in [0.2, 0.25) is 0 Å². The summed E-state index contributed by atoms with van der Waals surface area (Å²) in [6.07, 6.45) is 2.37. The molecule has 1 aliphatic heterocycles. The summed E-state index contributed by atoms with van der Waals surface area (Å²) in [6, 6.07) is 0.371. The molecule has 0 aromatic carbocycles. The molecule has 0 radical (unpaired) electrons. The van der Waals surface area contributed by atoms with Crippen LogP contribution in [0.3, 0.4) is 0 Å². The number of hydrogen-bond donors (Lipinski definition) is 1. The van der Waals surface area contributed by atoms with Gasteiger partial charge in [0, 0.05) is 24.7 Å². The van der Waals surface area contributed by atoms with Crippen LogP contribution in [0, 0.1) is 0 Å². The normalized spacial score (nSPS) is 23.6. The molecular weight excluding hydrogens is 272 g/mol.